The van der Waals surface area contributed by atoms with E-state index in [0.717, 1.165) is 12.3 Å². The van der Waals surface area contributed by atoms with Crippen LogP contribution in [-0.2, 0) is 14.6 Å². The van der Waals surface area contributed by atoms with Crippen LogP contribution in [0.4, 0.5) is 4.39 Å². The average Bonchev–Trinajstić information content (AvgIpc) is 2.65. The SMILES string of the molecule is CS(=O)(=O)c1ccc(C(=O)CC23CC(NC(=O)COc4ccc(Cl)c(F)c4)(C2)C3)cn1. The minimum absolute atomic E-state index is 0.0207. The molecule has 0 saturated heterocycles. The summed E-state index contributed by atoms with van der Waals surface area (Å²) < 4.78 is 41.7. The second kappa shape index (κ2) is 7.56. The highest BCUT2D eigenvalue weighted by Gasteiger charge is 2.68. The van der Waals surface area contributed by atoms with E-state index in [1.807, 2.05) is 0 Å². The Hall–Kier alpha value is -2.52. The number of nitrogens with one attached hydrogen (secondary N) is 1. The molecule has 0 unspecified atom stereocenters. The molecule has 164 valence electrons. The number of nitrogens with zero attached hydrogens (tertiary/aromatic N) is 1. The lowest BCUT2D eigenvalue weighted by Crippen LogP contribution is -2.75. The smallest absolute Gasteiger partial charge is 0.258 e. The number of rotatable bonds is 8. The molecule has 3 aliphatic rings. The first-order chi connectivity index (χ1) is 14.5. The fourth-order valence-corrected chi connectivity index (χ4v) is 5.25. The van der Waals surface area contributed by atoms with E-state index >= 15 is 0 Å². The standard InChI is InChI=1S/C21H20ClFN2O5S/c1-31(28,29)19-5-2-13(8-24-19)17(26)7-20-10-21(11-20,12-20)25-18(27)9-30-14-3-4-15(22)16(23)6-14/h2-6,8H,7,9-12H2,1H3,(H,25,27). The van der Waals surface area contributed by atoms with Crippen molar-refractivity contribution < 1.29 is 27.1 Å². The van der Waals surface area contributed by atoms with Crippen molar-refractivity contribution in [1.29, 1.82) is 0 Å². The van der Waals surface area contributed by atoms with E-state index in [-0.39, 0.29) is 45.0 Å². The van der Waals surface area contributed by atoms with Crippen LogP contribution in [0, 0.1) is 11.2 Å². The van der Waals surface area contributed by atoms with E-state index in [2.05, 4.69) is 10.3 Å². The number of benzene rings is 1. The van der Waals surface area contributed by atoms with Gasteiger partial charge in [-0.05, 0) is 48.9 Å². The lowest BCUT2D eigenvalue weighted by molar-refractivity contribution is -0.164. The largest absolute Gasteiger partial charge is 0.484 e. The van der Waals surface area contributed by atoms with Crippen LogP contribution in [0.15, 0.2) is 41.6 Å². The normalized spacial score (nSPS) is 24.0. The zero-order valence-electron chi connectivity index (χ0n) is 16.7. The predicted octanol–water partition coefficient (Wildman–Crippen LogP) is 2.97. The molecule has 10 heteroatoms. The van der Waals surface area contributed by atoms with Gasteiger partial charge in [0.1, 0.15) is 11.6 Å². The van der Waals surface area contributed by atoms with E-state index in [4.69, 9.17) is 16.3 Å². The van der Waals surface area contributed by atoms with Gasteiger partial charge in [0.15, 0.2) is 27.3 Å². The molecule has 5 rings (SSSR count). The summed E-state index contributed by atoms with van der Waals surface area (Å²) in [4.78, 5) is 28.6. The highest BCUT2D eigenvalue weighted by Crippen LogP contribution is 2.69. The van der Waals surface area contributed by atoms with Gasteiger partial charge in [-0.2, -0.15) is 0 Å². The van der Waals surface area contributed by atoms with Crippen LogP contribution in [-0.4, -0.2) is 43.5 Å². The van der Waals surface area contributed by atoms with Crippen LogP contribution in [0.3, 0.4) is 0 Å². The summed E-state index contributed by atoms with van der Waals surface area (Å²) in [7, 11) is -3.41. The molecule has 0 radical (unpaired) electrons. The molecule has 7 nitrogen and oxygen atoms in total. The molecule has 3 aliphatic carbocycles. The Morgan fingerprint density at radius 1 is 1.23 bits per heavy atom. The fourth-order valence-electron chi connectivity index (χ4n) is 4.57. The maximum atomic E-state index is 13.4. The van der Waals surface area contributed by atoms with Crippen LogP contribution in [0.25, 0.3) is 0 Å². The zero-order valence-corrected chi connectivity index (χ0v) is 18.2. The van der Waals surface area contributed by atoms with Crippen LogP contribution < -0.4 is 10.1 Å². The number of carbonyl (C=O) groups excluding carboxylic acids is 2. The number of amides is 1. The van der Waals surface area contributed by atoms with Crippen LogP contribution >= 0.6 is 11.6 Å². The molecule has 2 aromatic rings. The first-order valence-electron chi connectivity index (χ1n) is 9.58. The number of aromatic nitrogens is 1. The Labute approximate surface area is 183 Å². The van der Waals surface area contributed by atoms with E-state index in [0.29, 0.717) is 31.2 Å². The number of hydrogen-bond acceptors (Lipinski definition) is 6. The molecule has 1 heterocycles. The first-order valence-corrected chi connectivity index (χ1v) is 11.8. The predicted molar refractivity (Wildman–Crippen MR) is 110 cm³/mol. The molecule has 0 spiro atoms. The molecule has 3 fully saturated rings. The maximum absolute atomic E-state index is 13.4. The van der Waals surface area contributed by atoms with E-state index in [1.165, 1.54) is 30.5 Å². The molecule has 1 N–H and O–H groups in total. The number of Topliss-reactive ketones (excluding diaryl/α,β-unsaturated/α-hetero) is 1. The van der Waals surface area contributed by atoms with Gasteiger partial charge in [0, 0.05) is 36.0 Å². The molecular formula is C21H20ClFN2O5S. The minimum Gasteiger partial charge on any atom is -0.484 e. The molecule has 3 saturated carbocycles. The van der Waals surface area contributed by atoms with Gasteiger partial charge in [0.2, 0.25) is 0 Å². The molecule has 2 bridgehead atoms. The van der Waals surface area contributed by atoms with Crippen molar-refractivity contribution in [3.8, 4) is 5.75 Å². The number of carbonyl (C=O) groups is 2. The Balaban J connectivity index is 1.25. The molecule has 0 aliphatic heterocycles. The molecule has 1 amide bonds. The van der Waals surface area contributed by atoms with Crippen molar-refractivity contribution >= 4 is 33.1 Å². The Morgan fingerprint density at radius 2 is 1.94 bits per heavy atom. The summed E-state index contributed by atoms with van der Waals surface area (Å²) in [6.45, 7) is -0.243. The molecule has 1 aromatic heterocycles. The van der Waals surface area contributed by atoms with Crippen LogP contribution in [0.1, 0.15) is 36.0 Å². The summed E-state index contributed by atoms with van der Waals surface area (Å²) >= 11 is 5.61. The van der Waals surface area contributed by atoms with Crippen LogP contribution in [0.5, 0.6) is 5.75 Å². The van der Waals surface area contributed by atoms with E-state index in [1.54, 1.807) is 0 Å². The second-order valence-electron chi connectivity index (χ2n) is 8.48. The topological polar surface area (TPSA) is 102 Å². The van der Waals surface area contributed by atoms with Gasteiger partial charge in [-0.1, -0.05) is 11.6 Å². The van der Waals surface area contributed by atoms with Gasteiger partial charge in [-0.25, -0.2) is 17.8 Å². The number of ketones is 1. The number of halogens is 2. The third-order valence-corrected chi connectivity index (χ3v) is 7.09. The Kier molecular flexibility index (Phi) is 5.29. The lowest BCUT2D eigenvalue weighted by atomic mass is 9.38. The van der Waals surface area contributed by atoms with Crippen molar-refractivity contribution in [2.45, 2.75) is 36.2 Å². The van der Waals surface area contributed by atoms with Gasteiger partial charge in [-0.15, -0.1) is 0 Å². The number of ether oxygens (including phenoxy) is 1. The van der Waals surface area contributed by atoms with Gasteiger partial charge in [-0.3, -0.25) is 9.59 Å². The molecule has 0 atom stereocenters. The highest BCUT2D eigenvalue weighted by atomic mass is 35.5. The Bertz CT molecular complexity index is 1150. The Morgan fingerprint density at radius 3 is 2.52 bits per heavy atom. The average molecular weight is 467 g/mol. The van der Waals surface area contributed by atoms with Gasteiger partial charge in [0.05, 0.1) is 5.02 Å². The lowest BCUT2D eigenvalue weighted by Gasteiger charge is -2.70. The van der Waals surface area contributed by atoms with E-state index < -0.39 is 15.7 Å². The van der Waals surface area contributed by atoms with Gasteiger partial charge < -0.3 is 10.1 Å². The minimum atomic E-state index is -3.41. The van der Waals surface area contributed by atoms with Crippen molar-refractivity contribution in [2.75, 3.05) is 12.9 Å². The molecule has 1 aromatic carbocycles. The summed E-state index contributed by atoms with van der Waals surface area (Å²) in [6, 6.07) is 6.77. The maximum Gasteiger partial charge on any atom is 0.258 e. The third kappa shape index (κ3) is 4.43. The summed E-state index contributed by atoms with van der Waals surface area (Å²) in [5, 5.41) is 2.85. The van der Waals surface area contributed by atoms with Crippen molar-refractivity contribution in [3.63, 3.8) is 0 Å². The molecular weight excluding hydrogens is 447 g/mol. The third-order valence-electron chi connectivity index (χ3n) is 5.78. The number of pyridine rings is 1. The molecule has 31 heavy (non-hydrogen) atoms. The number of hydrogen-bond donors (Lipinski definition) is 1. The van der Waals surface area contributed by atoms with E-state index in [9.17, 15) is 22.4 Å². The van der Waals surface area contributed by atoms with Crippen molar-refractivity contribution in [2.24, 2.45) is 5.41 Å². The monoisotopic (exact) mass is 466 g/mol. The summed E-state index contributed by atoms with van der Waals surface area (Å²) in [5.41, 5.74) is -0.0801. The second-order valence-corrected chi connectivity index (χ2v) is 10.9. The van der Waals surface area contributed by atoms with Gasteiger partial charge in [0.25, 0.3) is 5.91 Å². The fraction of sp³-hybridized carbons (Fsp3) is 0.381. The first kappa shape index (κ1) is 21.7. The number of sulfone groups is 1. The van der Waals surface area contributed by atoms with Crippen LogP contribution in [0.2, 0.25) is 5.02 Å². The summed E-state index contributed by atoms with van der Waals surface area (Å²) in [6.07, 6.45) is 4.76. The van der Waals surface area contributed by atoms with Gasteiger partial charge >= 0.3 is 0 Å². The van der Waals surface area contributed by atoms with Crippen molar-refractivity contribution in [1.82, 2.24) is 10.3 Å². The van der Waals surface area contributed by atoms with Crippen molar-refractivity contribution in [3.05, 3.63) is 52.9 Å². The zero-order chi connectivity index (χ0) is 22.4. The summed E-state index contributed by atoms with van der Waals surface area (Å²) in [5.74, 6) is -0.810. The quantitative estimate of drug-likeness (QED) is 0.600. The highest BCUT2D eigenvalue weighted by molar-refractivity contribution is 7.90.